The number of morpholine rings is 1. The van der Waals surface area contributed by atoms with Gasteiger partial charge < -0.3 is 15.4 Å². The van der Waals surface area contributed by atoms with Gasteiger partial charge in [-0.15, -0.1) is 12.4 Å². The third kappa shape index (κ3) is 5.06. The molecule has 0 saturated carbocycles. The van der Waals surface area contributed by atoms with Gasteiger partial charge in [0.2, 0.25) is 5.91 Å². The summed E-state index contributed by atoms with van der Waals surface area (Å²) in [5.74, 6) is 0.955. The van der Waals surface area contributed by atoms with Gasteiger partial charge in [-0.25, -0.2) is 4.68 Å². The summed E-state index contributed by atoms with van der Waals surface area (Å²) in [5, 5.41) is 11.0. The smallest absolute Gasteiger partial charge is 0.227 e. The highest BCUT2D eigenvalue weighted by atomic mass is 35.5. The van der Waals surface area contributed by atoms with Gasteiger partial charge >= 0.3 is 0 Å². The summed E-state index contributed by atoms with van der Waals surface area (Å²) in [4.78, 5) is 12.4. The first-order valence-corrected chi connectivity index (χ1v) is 8.81. The maximum absolute atomic E-state index is 12.4. The van der Waals surface area contributed by atoms with Crippen LogP contribution in [0.15, 0.2) is 30.3 Å². The topological polar surface area (TPSA) is 68.2 Å². The van der Waals surface area contributed by atoms with E-state index in [0.717, 1.165) is 17.9 Å². The number of hydrogen-bond acceptors (Lipinski definition) is 4. The van der Waals surface area contributed by atoms with E-state index in [2.05, 4.69) is 29.6 Å². The number of aromatic nitrogens is 2. The molecule has 1 aliphatic heterocycles. The first-order chi connectivity index (χ1) is 12.0. The molecule has 2 N–H and O–H groups in total. The highest BCUT2D eigenvalue weighted by Gasteiger charge is 2.19. The fourth-order valence-corrected chi connectivity index (χ4v) is 2.82. The normalized spacial score (nSPS) is 17.0. The second-order valence-corrected chi connectivity index (χ2v) is 6.83. The van der Waals surface area contributed by atoms with Crippen molar-refractivity contribution in [2.75, 3.05) is 25.1 Å². The fraction of sp³-hybridized carbons (Fsp3) is 0.474. The Hall–Kier alpha value is -1.89. The molecule has 1 aromatic heterocycles. The Morgan fingerprint density at radius 1 is 1.38 bits per heavy atom. The van der Waals surface area contributed by atoms with Crippen LogP contribution in [-0.2, 0) is 9.53 Å². The second-order valence-electron chi connectivity index (χ2n) is 6.83. The van der Waals surface area contributed by atoms with Crippen molar-refractivity contribution >= 4 is 24.1 Å². The predicted octanol–water partition coefficient (Wildman–Crippen LogP) is 3.04. The highest BCUT2D eigenvalue weighted by molar-refractivity contribution is 5.90. The molecule has 0 bridgehead atoms. The SMILES string of the molecule is Cc1ccc(-n2nc(C(C)C)cc2NC(=O)CC2COCCN2)cc1.Cl. The molecule has 1 aliphatic rings. The Morgan fingerprint density at radius 3 is 2.73 bits per heavy atom. The van der Waals surface area contributed by atoms with Crippen LogP contribution in [0.4, 0.5) is 5.82 Å². The Balaban J connectivity index is 0.00000243. The van der Waals surface area contributed by atoms with Crippen molar-refractivity contribution in [2.24, 2.45) is 0 Å². The molecule has 2 heterocycles. The van der Waals surface area contributed by atoms with Gasteiger partial charge in [0, 0.05) is 25.1 Å². The Labute approximate surface area is 160 Å². The van der Waals surface area contributed by atoms with Crippen molar-refractivity contribution < 1.29 is 9.53 Å². The molecule has 2 aromatic rings. The minimum Gasteiger partial charge on any atom is -0.378 e. The average Bonchev–Trinajstić information content (AvgIpc) is 3.00. The maximum Gasteiger partial charge on any atom is 0.227 e. The number of ether oxygens (including phenoxy) is 1. The number of carbonyl (C=O) groups excluding carboxylic acids is 1. The number of nitrogens with zero attached hydrogens (tertiary/aromatic N) is 2. The van der Waals surface area contributed by atoms with Gasteiger partial charge in [-0.2, -0.15) is 5.10 Å². The van der Waals surface area contributed by atoms with Gasteiger partial charge in [0.25, 0.3) is 0 Å². The lowest BCUT2D eigenvalue weighted by atomic mass is 10.1. The minimum absolute atomic E-state index is 0. The van der Waals surface area contributed by atoms with Crippen molar-refractivity contribution in [3.05, 3.63) is 41.6 Å². The van der Waals surface area contributed by atoms with Crippen molar-refractivity contribution in [3.8, 4) is 5.69 Å². The summed E-state index contributed by atoms with van der Waals surface area (Å²) in [7, 11) is 0. The van der Waals surface area contributed by atoms with Gasteiger partial charge in [0.05, 0.1) is 24.6 Å². The summed E-state index contributed by atoms with van der Waals surface area (Å²) in [6.07, 6.45) is 0.385. The van der Waals surface area contributed by atoms with E-state index in [4.69, 9.17) is 4.74 Å². The van der Waals surface area contributed by atoms with E-state index in [1.54, 1.807) is 4.68 Å². The number of benzene rings is 1. The van der Waals surface area contributed by atoms with E-state index in [1.807, 2.05) is 37.3 Å². The van der Waals surface area contributed by atoms with Crippen LogP contribution < -0.4 is 10.6 Å². The number of halogens is 1. The van der Waals surface area contributed by atoms with Crippen LogP contribution in [0.1, 0.15) is 37.4 Å². The van der Waals surface area contributed by atoms with Crippen LogP contribution in [0.25, 0.3) is 5.69 Å². The average molecular weight is 379 g/mol. The first kappa shape index (κ1) is 20.4. The van der Waals surface area contributed by atoms with Crippen LogP contribution in [0.5, 0.6) is 0 Å². The summed E-state index contributed by atoms with van der Waals surface area (Å²) < 4.78 is 7.22. The van der Waals surface area contributed by atoms with Gasteiger partial charge in [-0.3, -0.25) is 4.79 Å². The van der Waals surface area contributed by atoms with Crippen molar-refractivity contribution in [2.45, 2.75) is 39.2 Å². The van der Waals surface area contributed by atoms with Crippen LogP contribution in [0.3, 0.4) is 0 Å². The molecular formula is C19H27ClN4O2. The Kier molecular flexibility index (Phi) is 7.20. The first-order valence-electron chi connectivity index (χ1n) is 8.81. The number of amides is 1. The summed E-state index contributed by atoms with van der Waals surface area (Å²) >= 11 is 0. The molecule has 1 aromatic carbocycles. The van der Waals surface area contributed by atoms with E-state index in [0.29, 0.717) is 25.5 Å². The van der Waals surface area contributed by atoms with Crippen LogP contribution in [-0.4, -0.2) is 41.5 Å². The quantitative estimate of drug-likeness (QED) is 0.839. The summed E-state index contributed by atoms with van der Waals surface area (Å²) in [6.45, 7) is 8.30. The van der Waals surface area contributed by atoms with Crippen LogP contribution in [0, 0.1) is 6.92 Å². The molecule has 0 radical (unpaired) electrons. The fourth-order valence-electron chi connectivity index (χ4n) is 2.82. The lowest BCUT2D eigenvalue weighted by Gasteiger charge is -2.23. The number of nitrogens with one attached hydrogen (secondary N) is 2. The zero-order valence-corrected chi connectivity index (χ0v) is 16.3. The lowest BCUT2D eigenvalue weighted by Crippen LogP contribution is -2.43. The van der Waals surface area contributed by atoms with Gasteiger partial charge in [0.15, 0.2) is 0 Å². The van der Waals surface area contributed by atoms with E-state index >= 15 is 0 Å². The van der Waals surface area contributed by atoms with Crippen molar-refractivity contribution in [3.63, 3.8) is 0 Å². The molecule has 26 heavy (non-hydrogen) atoms. The van der Waals surface area contributed by atoms with Crippen LogP contribution in [0.2, 0.25) is 0 Å². The number of aryl methyl sites for hydroxylation is 1. The molecule has 0 spiro atoms. The standard InChI is InChI=1S/C19H26N4O2.ClH/c1-13(2)17-11-18(21-19(24)10-15-12-25-9-8-20-15)23(22-17)16-6-4-14(3)5-7-16;/h4-7,11,13,15,20H,8-10,12H2,1-3H3,(H,21,24);1H. The molecule has 7 heteroatoms. The highest BCUT2D eigenvalue weighted by Crippen LogP contribution is 2.22. The molecule has 6 nitrogen and oxygen atoms in total. The molecule has 1 atom stereocenters. The Bertz CT molecular complexity index is 722. The van der Waals surface area contributed by atoms with E-state index in [1.165, 1.54) is 5.56 Å². The van der Waals surface area contributed by atoms with Gasteiger partial charge in [-0.1, -0.05) is 31.5 Å². The third-order valence-electron chi connectivity index (χ3n) is 4.30. The summed E-state index contributed by atoms with van der Waals surface area (Å²) in [5.41, 5.74) is 3.08. The number of anilines is 1. The molecule has 1 amide bonds. The molecule has 1 unspecified atom stereocenters. The predicted molar refractivity (Wildman–Crippen MR) is 105 cm³/mol. The molecular weight excluding hydrogens is 352 g/mol. The van der Waals surface area contributed by atoms with E-state index < -0.39 is 0 Å². The second kappa shape index (κ2) is 9.16. The number of hydrogen-bond donors (Lipinski definition) is 2. The number of rotatable bonds is 5. The summed E-state index contributed by atoms with van der Waals surface area (Å²) in [6, 6.07) is 10.1. The molecule has 1 fully saturated rings. The molecule has 1 saturated heterocycles. The third-order valence-corrected chi connectivity index (χ3v) is 4.30. The largest absolute Gasteiger partial charge is 0.378 e. The lowest BCUT2D eigenvalue weighted by molar-refractivity contribution is -0.117. The molecule has 142 valence electrons. The van der Waals surface area contributed by atoms with Gasteiger partial charge in [0.1, 0.15) is 5.82 Å². The molecule has 0 aliphatic carbocycles. The van der Waals surface area contributed by atoms with E-state index in [9.17, 15) is 4.79 Å². The van der Waals surface area contributed by atoms with E-state index in [-0.39, 0.29) is 30.3 Å². The monoisotopic (exact) mass is 378 g/mol. The van der Waals surface area contributed by atoms with Crippen LogP contribution >= 0.6 is 12.4 Å². The Morgan fingerprint density at radius 2 is 2.12 bits per heavy atom. The van der Waals surface area contributed by atoms with Gasteiger partial charge in [-0.05, 0) is 25.0 Å². The van der Waals surface area contributed by atoms with Crippen molar-refractivity contribution in [1.82, 2.24) is 15.1 Å². The number of carbonyl (C=O) groups is 1. The zero-order valence-electron chi connectivity index (χ0n) is 15.5. The zero-order chi connectivity index (χ0) is 17.8. The maximum atomic E-state index is 12.4. The minimum atomic E-state index is -0.0356. The van der Waals surface area contributed by atoms with Crippen molar-refractivity contribution in [1.29, 1.82) is 0 Å². The molecule has 3 rings (SSSR count).